The molecule has 1 rings (SSSR count). The predicted molar refractivity (Wildman–Crippen MR) is 53.9 cm³/mol. The van der Waals surface area contributed by atoms with E-state index in [4.69, 9.17) is 0 Å². The third kappa shape index (κ3) is 3.65. The van der Waals surface area contributed by atoms with E-state index in [-0.39, 0.29) is 6.04 Å². The first-order valence-electron chi connectivity index (χ1n) is 4.86. The molecule has 0 bridgehead atoms. The number of rotatable bonds is 2. The smallest absolute Gasteiger partial charge is 0.208 e. The lowest BCUT2D eigenvalue weighted by Crippen LogP contribution is -2.39. The molecular formula is C9H19NO2S. The van der Waals surface area contributed by atoms with Crippen LogP contribution in [-0.4, -0.2) is 20.7 Å². The normalized spacial score (nSPS) is 36.1. The van der Waals surface area contributed by atoms with Gasteiger partial charge >= 0.3 is 0 Å². The molecule has 0 radical (unpaired) electrons. The van der Waals surface area contributed by atoms with Gasteiger partial charge in [-0.3, -0.25) is 0 Å². The number of nitrogens with one attached hydrogen (secondary N) is 1. The van der Waals surface area contributed by atoms with E-state index in [1.54, 1.807) is 0 Å². The Labute approximate surface area is 81.0 Å². The summed E-state index contributed by atoms with van der Waals surface area (Å²) in [6, 6.07) is 0.168. The first-order chi connectivity index (χ1) is 5.88. The van der Waals surface area contributed by atoms with E-state index < -0.39 is 10.0 Å². The summed E-state index contributed by atoms with van der Waals surface area (Å²) in [5, 5.41) is 0. The molecule has 4 heteroatoms. The summed E-state index contributed by atoms with van der Waals surface area (Å²) in [6.07, 6.45) is 4.33. The van der Waals surface area contributed by atoms with Crippen molar-refractivity contribution in [3.8, 4) is 0 Å². The zero-order valence-corrected chi connectivity index (χ0v) is 9.39. The van der Waals surface area contributed by atoms with Crippen molar-refractivity contribution in [1.29, 1.82) is 0 Å². The van der Waals surface area contributed by atoms with Gasteiger partial charge in [-0.2, -0.15) is 0 Å². The molecule has 1 fully saturated rings. The summed E-state index contributed by atoms with van der Waals surface area (Å²) in [5.74, 6) is 1.37. The highest BCUT2D eigenvalue weighted by molar-refractivity contribution is 7.88. The van der Waals surface area contributed by atoms with E-state index >= 15 is 0 Å². The fourth-order valence-corrected chi connectivity index (χ4v) is 2.78. The van der Waals surface area contributed by atoms with Crippen LogP contribution in [-0.2, 0) is 10.0 Å². The molecule has 13 heavy (non-hydrogen) atoms. The highest BCUT2D eigenvalue weighted by atomic mass is 32.2. The Balaban J connectivity index is 2.47. The van der Waals surface area contributed by atoms with Crippen molar-refractivity contribution < 1.29 is 8.42 Å². The zero-order chi connectivity index (χ0) is 10.1. The van der Waals surface area contributed by atoms with Crippen LogP contribution in [0.5, 0.6) is 0 Å². The highest BCUT2D eigenvalue weighted by Crippen LogP contribution is 2.29. The predicted octanol–water partition coefficient (Wildman–Crippen LogP) is 1.36. The van der Waals surface area contributed by atoms with Gasteiger partial charge in [-0.25, -0.2) is 13.1 Å². The third-order valence-electron chi connectivity index (χ3n) is 2.98. The lowest BCUT2D eigenvalue weighted by Gasteiger charge is -2.31. The highest BCUT2D eigenvalue weighted by Gasteiger charge is 2.25. The van der Waals surface area contributed by atoms with Crippen LogP contribution in [0.15, 0.2) is 0 Å². The van der Waals surface area contributed by atoms with Gasteiger partial charge < -0.3 is 0 Å². The minimum absolute atomic E-state index is 0.168. The first kappa shape index (κ1) is 11.0. The van der Waals surface area contributed by atoms with Crippen molar-refractivity contribution in [2.45, 2.75) is 39.2 Å². The molecule has 3 nitrogen and oxygen atoms in total. The Hall–Kier alpha value is -0.0900. The lowest BCUT2D eigenvalue weighted by atomic mass is 9.79. The number of hydrogen-bond donors (Lipinski definition) is 1. The molecule has 0 spiro atoms. The van der Waals surface area contributed by atoms with E-state index in [2.05, 4.69) is 18.6 Å². The SMILES string of the molecule is CC1CCC(NS(C)(=O)=O)CC1C. The molecular weight excluding hydrogens is 186 g/mol. The van der Waals surface area contributed by atoms with Crippen LogP contribution in [0.2, 0.25) is 0 Å². The molecule has 3 unspecified atom stereocenters. The summed E-state index contributed by atoms with van der Waals surface area (Å²) in [6.45, 7) is 4.43. The van der Waals surface area contributed by atoms with Gasteiger partial charge in [0.1, 0.15) is 0 Å². The van der Waals surface area contributed by atoms with Gasteiger partial charge in [-0.05, 0) is 31.1 Å². The molecule has 1 N–H and O–H groups in total. The van der Waals surface area contributed by atoms with Gasteiger partial charge in [0.15, 0.2) is 0 Å². The largest absolute Gasteiger partial charge is 0.213 e. The molecule has 0 aromatic carbocycles. The van der Waals surface area contributed by atoms with Gasteiger partial charge in [0.2, 0.25) is 10.0 Å². The molecule has 0 heterocycles. The van der Waals surface area contributed by atoms with Crippen molar-refractivity contribution in [3.63, 3.8) is 0 Å². The van der Waals surface area contributed by atoms with Crippen molar-refractivity contribution >= 4 is 10.0 Å². The lowest BCUT2D eigenvalue weighted by molar-refractivity contribution is 0.242. The fraction of sp³-hybridized carbons (Fsp3) is 1.00. The zero-order valence-electron chi connectivity index (χ0n) is 8.58. The summed E-state index contributed by atoms with van der Waals surface area (Å²) in [4.78, 5) is 0. The van der Waals surface area contributed by atoms with Crippen LogP contribution in [0.3, 0.4) is 0 Å². The Morgan fingerprint density at radius 1 is 1.15 bits per heavy atom. The van der Waals surface area contributed by atoms with Crippen LogP contribution in [0.4, 0.5) is 0 Å². The van der Waals surface area contributed by atoms with E-state index in [1.807, 2.05) is 0 Å². The Morgan fingerprint density at radius 2 is 1.77 bits per heavy atom. The van der Waals surface area contributed by atoms with Gasteiger partial charge in [-0.15, -0.1) is 0 Å². The fourth-order valence-electron chi connectivity index (χ4n) is 1.96. The second-order valence-electron chi connectivity index (χ2n) is 4.35. The van der Waals surface area contributed by atoms with Crippen LogP contribution < -0.4 is 4.72 Å². The second kappa shape index (κ2) is 3.96. The summed E-state index contributed by atoms with van der Waals surface area (Å²) < 4.78 is 24.6. The summed E-state index contributed by atoms with van der Waals surface area (Å²) >= 11 is 0. The van der Waals surface area contributed by atoms with Crippen LogP contribution in [0.25, 0.3) is 0 Å². The van der Waals surface area contributed by atoms with E-state index in [9.17, 15) is 8.42 Å². The average Bonchev–Trinajstić information content (AvgIpc) is 1.94. The quantitative estimate of drug-likeness (QED) is 0.740. The second-order valence-corrected chi connectivity index (χ2v) is 6.13. The topological polar surface area (TPSA) is 46.2 Å². The minimum atomic E-state index is -3.01. The molecule has 0 aromatic rings. The van der Waals surface area contributed by atoms with Gasteiger partial charge in [0.25, 0.3) is 0 Å². The first-order valence-corrected chi connectivity index (χ1v) is 6.75. The molecule has 0 saturated heterocycles. The average molecular weight is 205 g/mol. The Kier molecular flexibility index (Phi) is 3.35. The van der Waals surface area contributed by atoms with Crippen molar-refractivity contribution in [2.24, 2.45) is 11.8 Å². The van der Waals surface area contributed by atoms with Crippen LogP contribution >= 0.6 is 0 Å². The van der Waals surface area contributed by atoms with Crippen LogP contribution in [0, 0.1) is 11.8 Å². The molecule has 78 valence electrons. The van der Waals surface area contributed by atoms with Crippen molar-refractivity contribution in [3.05, 3.63) is 0 Å². The number of sulfonamides is 1. The van der Waals surface area contributed by atoms with Crippen molar-refractivity contribution in [2.75, 3.05) is 6.26 Å². The maximum atomic E-state index is 11.0. The van der Waals surface area contributed by atoms with Crippen LogP contribution in [0.1, 0.15) is 33.1 Å². The molecule has 1 aliphatic carbocycles. The summed E-state index contributed by atoms with van der Waals surface area (Å²) in [5.41, 5.74) is 0. The van der Waals surface area contributed by atoms with Gasteiger partial charge in [0, 0.05) is 6.04 Å². The maximum Gasteiger partial charge on any atom is 0.208 e. The molecule has 1 aliphatic rings. The van der Waals surface area contributed by atoms with E-state index in [0.717, 1.165) is 25.2 Å². The van der Waals surface area contributed by atoms with E-state index in [0.29, 0.717) is 5.92 Å². The number of hydrogen-bond acceptors (Lipinski definition) is 2. The van der Waals surface area contributed by atoms with Gasteiger partial charge in [-0.1, -0.05) is 13.8 Å². The molecule has 3 atom stereocenters. The minimum Gasteiger partial charge on any atom is -0.213 e. The molecule has 0 amide bonds. The van der Waals surface area contributed by atoms with Gasteiger partial charge in [0.05, 0.1) is 6.26 Å². The molecule has 0 aromatic heterocycles. The van der Waals surface area contributed by atoms with Crippen molar-refractivity contribution in [1.82, 2.24) is 4.72 Å². The standard InChI is InChI=1S/C9H19NO2S/c1-7-4-5-9(6-8(7)2)10-13(3,11)12/h7-10H,4-6H2,1-3H3. The summed E-state index contributed by atoms with van der Waals surface area (Å²) in [7, 11) is -3.01. The van der Waals surface area contributed by atoms with E-state index in [1.165, 1.54) is 6.26 Å². The molecule has 1 saturated carbocycles. The Bertz CT molecular complexity index is 261. The molecule has 0 aliphatic heterocycles. The maximum absolute atomic E-state index is 11.0. The monoisotopic (exact) mass is 205 g/mol. The third-order valence-corrected chi connectivity index (χ3v) is 3.74. The Morgan fingerprint density at radius 3 is 2.23 bits per heavy atom.